The number of hydrogen-bond acceptors (Lipinski definition) is 4. The van der Waals surface area contributed by atoms with Gasteiger partial charge in [0.15, 0.2) is 0 Å². The van der Waals surface area contributed by atoms with E-state index in [2.05, 4.69) is 15.5 Å². The Morgan fingerprint density at radius 3 is 2.86 bits per heavy atom. The van der Waals surface area contributed by atoms with Crippen LogP contribution in [0, 0.1) is 0 Å². The summed E-state index contributed by atoms with van der Waals surface area (Å²) in [4.78, 5) is 3.88. The zero-order valence-corrected chi connectivity index (χ0v) is 7.82. The Morgan fingerprint density at radius 2 is 2.36 bits per heavy atom. The molecule has 0 aliphatic rings. The average molecular weight is 205 g/mol. The van der Waals surface area contributed by atoms with Crippen LogP contribution in [0.25, 0.3) is 0 Å². The summed E-state index contributed by atoms with van der Waals surface area (Å²) < 4.78 is 26.2. The highest BCUT2D eigenvalue weighted by atomic mass is 19.3. The van der Waals surface area contributed by atoms with Gasteiger partial charge >= 0.3 is 0 Å². The maximum atomic E-state index is 12.3. The van der Waals surface area contributed by atoms with Crippen LogP contribution in [0.4, 0.5) is 8.78 Å². The second-order valence-electron chi connectivity index (χ2n) is 2.80. The Balaban J connectivity index is 2.66. The molecule has 0 bridgehead atoms. The minimum atomic E-state index is -2.51. The van der Waals surface area contributed by atoms with Gasteiger partial charge in [0.05, 0.1) is 6.04 Å². The molecule has 1 aromatic rings. The molecule has 7 heteroatoms. The van der Waals surface area contributed by atoms with Crippen LogP contribution in [-0.4, -0.2) is 27.2 Å². The number of nitrogens with zero attached hydrogens (tertiary/aromatic N) is 3. The first-order valence-electron chi connectivity index (χ1n) is 4.30. The van der Waals surface area contributed by atoms with E-state index in [1.54, 1.807) is 4.68 Å². The highest BCUT2D eigenvalue weighted by Gasteiger charge is 2.21. The van der Waals surface area contributed by atoms with Gasteiger partial charge in [-0.1, -0.05) is 0 Å². The van der Waals surface area contributed by atoms with Gasteiger partial charge in [-0.15, -0.1) is 0 Å². The molecule has 0 amide bonds. The van der Waals surface area contributed by atoms with Gasteiger partial charge < -0.3 is 0 Å². The fraction of sp³-hybridized carbons (Fsp3) is 0.714. The predicted octanol–water partition coefficient (Wildman–Crippen LogP) is -0.0625. The van der Waals surface area contributed by atoms with E-state index < -0.39 is 12.5 Å². The second-order valence-corrected chi connectivity index (χ2v) is 2.80. The Bertz CT molecular complexity index is 275. The van der Waals surface area contributed by atoms with Gasteiger partial charge in [-0.2, -0.15) is 5.10 Å². The van der Waals surface area contributed by atoms with Crippen molar-refractivity contribution in [3.8, 4) is 0 Å². The average Bonchev–Trinajstić information content (AvgIpc) is 2.60. The third-order valence-corrected chi connectivity index (χ3v) is 1.92. The van der Waals surface area contributed by atoms with E-state index in [0.29, 0.717) is 12.4 Å². The Labute approximate surface area is 80.3 Å². The molecule has 0 spiro atoms. The molecule has 0 radical (unpaired) electrons. The van der Waals surface area contributed by atoms with Gasteiger partial charge in [0, 0.05) is 13.0 Å². The molecular formula is C7H13F2N5. The minimum Gasteiger partial charge on any atom is -0.271 e. The quantitative estimate of drug-likeness (QED) is 0.522. The van der Waals surface area contributed by atoms with Crippen molar-refractivity contribution in [3.63, 3.8) is 0 Å². The molecular weight excluding hydrogens is 192 g/mol. The zero-order chi connectivity index (χ0) is 10.6. The lowest BCUT2D eigenvalue weighted by Crippen LogP contribution is -2.42. The Hall–Kier alpha value is -1.08. The summed E-state index contributed by atoms with van der Waals surface area (Å²) in [7, 11) is 0. The fourth-order valence-corrected chi connectivity index (χ4v) is 1.13. The summed E-state index contributed by atoms with van der Waals surface area (Å²) in [6.45, 7) is 2.47. The third kappa shape index (κ3) is 2.46. The van der Waals surface area contributed by atoms with E-state index in [0.717, 1.165) is 0 Å². The largest absolute Gasteiger partial charge is 0.271 e. The normalized spacial score (nSPS) is 13.5. The molecule has 0 aromatic carbocycles. The van der Waals surface area contributed by atoms with Crippen molar-refractivity contribution in [2.45, 2.75) is 32.4 Å². The van der Waals surface area contributed by atoms with E-state index in [1.165, 1.54) is 6.33 Å². The molecule has 1 heterocycles. The van der Waals surface area contributed by atoms with E-state index in [9.17, 15) is 8.78 Å². The smallest absolute Gasteiger partial charge is 0.255 e. The molecule has 14 heavy (non-hydrogen) atoms. The van der Waals surface area contributed by atoms with Crippen LogP contribution < -0.4 is 11.3 Å². The van der Waals surface area contributed by atoms with Gasteiger partial charge in [-0.25, -0.2) is 13.8 Å². The van der Waals surface area contributed by atoms with Crippen molar-refractivity contribution >= 4 is 0 Å². The maximum Gasteiger partial charge on any atom is 0.255 e. The van der Waals surface area contributed by atoms with Crippen LogP contribution in [0.1, 0.15) is 12.7 Å². The second kappa shape index (κ2) is 4.97. The van der Waals surface area contributed by atoms with Gasteiger partial charge in [-0.3, -0.25) is 16.0 Å². The molecule has 0 fully saturated rings. The summed E-state index contributed by atoms with van der Waals surface area (Å²) >= 11 is 0. The molecule has 0 aliphatic carbocycles. The fourth-order valence-electron chi connectivity index (χ4n) is 1.13. The molecule has 0 aliphatic heterocycles. The highest BCUT2D eigenvalue weighted by molar-refractivity contribution is 4.90. The molecule has 1 aromatic heterocycles. The van der Waals surface area contributed by atoms with Gasteiger partial charge in [-0.05, 0) is 6.92 Å². The topological polar surface area (TPSA) is 68.8 Å². The number of alkyl halides is 2. The van der Waals surface area contributed by atoms with E-state index in [-0.39, 0.29) is 6.42 Å². The summed E-state index contributed by atoms with van der Waals surface area (Å²) in [5.74, 6) is 5.50. The molecule has 1 atom stereocenters. The van der Waals surface area contributed by atoms with Crippen LogP contribution in [0.3, 0.4) is 0 Å². The van der Waals surface area contributed by atoms with Crippen LogP contribution >= 0.6 is 0 Å². The van der Waals surface area contributed by atoms with Crippen molar-refractivity contribution < 1.29 is 8.78 Å². The van der Waals surface area contributed by atoms with Gasteiger partial charge in [0.2, 0.25) is 0 Å². The van der Waals surface area contributed by atoms with Gasteiger partial charge in [0.1, 0.15) is 12.2 Å². The van der Waals surface area contributed by atoms with Crippen LogP contribution in [0.15, 0.2) is 6.33 Å². The standard InChI is InChI=1S/C7H13F2N5/c1-2-14-6(11-4-12-14)3-5(13-10)7(8)9/h4-5,7,13H,2-3,10H2,1H3. The SMILES string of the molecule is CCn1ncnc1CC(NN)C(F)F. The lowest BCUT2D eigenvalue weighted by molar-refractivity contribution is 0.0969. The maximum absolute atomic E-state index is 12.3. The first-order valence-corrected chi connectivity index (χ1v) is 4.30. The summed E-state index contributed by atoms with van der Waals surface area (Å²) in [6, 6.07) is -1.08. The molecule has 5 nitrogen and oxygen atoms in total. The molecule has 0 saturated heterocycles. The number of hydrogen-bond donors (Lipinski definition) is 2. The van der Waals surface area contributed by atoms with Crippen LogP contribution in [-0.2, 0) is 13.0 Å². The zero-order valence-electron chi connectivity index (χ0n) is 7.82. The molecule has 3 N–H and O–H groups in total. The van der Waals surface area contributed by atoms with Crippen molar-refractivity contribution in [1.82, 2.24) is 20.2 Å². The lowest BCUT2D eigenvalue weighted by atomic mass is 10.2. The molecule has 1 rings (SSSR count). The molecule has 1 unspecified atom stereocenters. The number of hydrazine groups is 1. The lowest BCUT2D eigenvalue weighted by Gasteiger charge is -2.13. The van der Waals surface area contributed by atoms with Crippen molar-refractivity contribution in [2.24, 2.45) is 5.84 Å². The Kier molecular flexibility index (Phi) is 3.90. The number of aromatic nitrogens is 3. The molecule has 80 valence electrons. The number of nitrogens with one attached hydrogen (secondary N) is 1. The number of halogens is 2. The summed E-state index contributed by atoms with van der Waals surface area (Å²) in [5.41, 5.74) is 2.06. The summed E-state index contributed by atoms with van der Waals surface area (Å²) in [5, 5.41) is 3.87. The van der Waals surface area contributed by atoms with E-state index in [4.69, 9.17) is 5.84 Å². The van der Waals surface area contributed by atoms with Crippen LogP contribution in [0.5, 0.6) is 0 Å². The third-order valence-electron chi connectivity index (χ3n) is 1.92. The van der Waals surface area contributed by atoms with Crippen molar-refractivity contribution in [3.05, 3.63) is 12.2 Å². The Morgan fingerprint density at radius 1 is 1.64 bits per heavy atom. The highest BCUT2D eigenvalue weighted by Crippen LogP contribution is 2.06. The van der Waals surface area contributed by atoms with Crippen molar-refractivity contribution in [2.75, 3.05) is 0 Å². The minimum absolute atomic E-state index is 0.0714. The van der Waals surface area contributed by atoms with E-state index in [1.807, 2.05) is 6.92 Å². The summed E-state index contributed by atoms with van der Waals surface area (Å²) in [6.07, 6.45) is -1.10. The van der Waals surface area contributed by atoms with Crippen molar-refractivity contribution in [1.29, 1.82) is 0 Å². The monoisotopic (exact) mass is 205 g/mol. The van der Waals surface area contributed by atoms with Gasteiger partial charge in [0.25, 0.3) is 6.43 Å². The first-order chi connectivity index (χ1) is 6.69. The number of aryl methyl sites for hydroxylation is 1. The van der Waals surface area contributed by atoms with E-state index >= 15 is 0 Å². The molecule has 0 saturated carbocycles. The predicted molar refractivity (Wildman–Crippen MR) is 46.5 cm³/mol. The van der Waals surface area contributed by atoms with Crippen LogP contribution in [0.2, 0.25) is 0 Å². The first kappa shape index (κ1) is 11.0. The number of nitrogens with two attached hydrogens (primary N) is 1. The number of rotatable bonds is 5.